The van der Waals surface area contributed by atoms with Crippen molar-refractivity contribution >= 4 is 16.6 Å². The van der Waals surface area contributed by atoms with Crippen molar-refractivity contribution in [2.24, 2.45) is 0 Å². The molecule has 2 N–H and O–H groups in total. The summed E-state index contributed by atoms with van der Waals surface area (Å²) < 4.78 is 5.27. The zero-order valence-electron chi connectivity index (χ0n) is 12.7. The van der Waals surface area contributed by atoms with Crippen LogP contribution in [0.1, 0.15) is 27.7 Å². The van der Waals surface area contributed by atoms with Crippen LogP contribution in [0.25, 0.3) is 10.8 Å². The van der Waals surface area contributed by atoms with Crippen molar-refractivity contribution < 1.29 is 9.84 Å². The Morgan fingerprint density at radius 2 is 1.85 bits per heavy atom. The van der Waals surface area contributed by atoms with Crippen molar-refractivity contribution in [3.05, 3.63) is 30.5 Å². The summed E-state index contributed by atoms with van der Waals surface area (Å²) in [4.78, 5) is 4.40. The van der Waals surface area contributed by atoms with Crippen LogP contribution in [0, 0.1) is 0 Å². The Hall–Kier alpha value is -1.81. The molecule has 0 aliphatic rings. The second-order valence-corrected chi connectivity index (χ2v) is 6.06. The van der Waals surface area contributed by atoms with Crippen molar-refractivity contribution in [1.82, 2.24) is 4.98 Å². The molecule has 0 unspecified atom stereocenters. The van der Waals surface area contributed by atoms with Gasteiger partial charge in [0, 0.05) is 11.6 Å². The molecule has 0 saturated heterocycles. The Morgan fingerprint density at radius 1 is 1.15 bits per heavy atom. The van der Waals surface area contributed by atoms with E-state index in [1.165, 1.54) is 0 Å². The highest BCUT2D eigenvalue weighted by Gasteiger charge is 2.35. The molecule has 4 heteroatoms. The van der Waals surface area contributed by atoms with E-state index in [1.54, 1.807) is 27.2 Å². The molecule has 1 heterocycles. The van der Waals surface area contributed by atoms with E-state index in [-0.39, 0.29) is 0 Å². The van der Waals surface area contributed by atoms with Crippen LogP contribution in [0.2, 0.25) is 0 Å². The maximum atomic E-state index is 10.3. The van der Waals surface area contributed by atoms with Gasteiger partial charge in [-0.15, -0.1) is 0 Å². The van der Waals surface area contributed by atoms with E-state index >= 15 is 0 Å². The maximum Gasteiger partial charge on any atom is 0.134 e. The highest BCUT2D eigenvalue weighted by atomic mass is 16.5. The summed E-state index contributed by atoms with van der Waals surface area (Å²) in [6.07, 6.45) is 1.76. The highest BCUT2D eigenvalue weighted by molar-refractivity contribution is 5.93. The maximum absolute atomic E-state index is 10.3. The second kappa shape index (κ2) is 4.94. The third-order valence-electron chi connectivity index (χ3n) is 3.93. The van der Waals surface area contributed by atoms with Gasteiger partial charge in [0.05, 0.1) is 18.2 Å². The number of ether oxygens (including phenoxy) is 1. The van der Waals surface area contributed by atoms with Gasteiger partial charge in [0.25, 0.3) is 0 Å². The molecule has 20 heavy (non-hydrogen) atoms. The minimum atomic E-state index is -0.879. The molecule has 0 spiro atoms. The van der Waals surface area contributed by atoms with Gasteiger partial charge in [0.2, 0.25) is 0 Å². The average Bonchev–Trinajstić information content (AvgIpc) is 2.37. The lowest BCUT2D eigenvalue weighted by Crippen LogP contribution is -2.51. The molecule has 0 amide bonds. The number of methoxy groups -OCH3 is 1. The third-order valence-corrected chi connectivity index (χ3v) is 3.93. The number of nitrogens with one attached hydrogen (secondary N) is 1. The monoisotopic (exact) mass is 274 g/mol. The summed E-state index contributed by atoms with van der Waals surface area (Å²) in [6.45, 7) is 7.47. The molecule has 1 aromatic heterocycles. The first-order chi connectivity index (χ1) is 9.24. The number of fused-ring (bicyclic) bond motifs is 1. The van der Waals surface area contributed by atoms with Gasteiger partial charge in [0.15, 0.2) is 0 Å². The van der Waals surface area contributed by atoms with E-state index in [0.29, 0.717) is 0 Å². The normalized spacial score (nSPS) is 12.5. The van der Waals surface area contributed by atoms with Crippen LogP contribution < -0.4 is 10.1 Å². The molecular weight excluding hydrogens is 252 g/mol. The molecule has 2 aromatic rings. The lowest BCUT2D eigenvalue weighted by molar-refractivity contribution is 0.0239. The van der Waals surface area contributed by atoms with E-state index in [1.807, 2.05) is 38.1 Å². The van der Waals surface area contributed by atoms with Crippen molar-refractivity contribution in [1.29, 1.82) is 0 Å². The number of anilines is 1. The fraction of sp³-hybridized carbons (Fsp3) is 0.438. The van der Waals surface area contributed by atoms with E-state index in [2.05, 4.69) is 10.3 Å². The zero-order chi connectivity index (χ0) is 15.0. The lowest BCUT2D eigenvalue weighted by atomic mass is 9.86. The van der Waals surface area contributed by atoms with Crippen LogP contribution in [-0.4, -0.2) is 28.3 Å². The largest absolute Gasteiger partial charge is 0.497 e. The Bertz CT molecular complexity index is 615. The smallest absolute Gasteiger partial charge is 0.134 e. The predicted octanol–water partition coefficient (Wildman–Crippen LogP) is 3.20. The predicted molar refractivity (Wildman–Crippen MR) is 82.3 cm³/mol. The van der Waals surface area contributed by atoms with Crippen molar-refractivity contribution in [2.45, 2.75) is 38.8 Å². The van der Waals surface area contributed by atoms with Crippen LogP contribution in [0.5, 0.6) is 5.75 Å². The number of hydrogen-bond acceptors (Lipinski definition) is 4. The minimum absolute atomic E-state index is 0.517. The molecular formula is C16H22N2O2. The summed E-state index contributed by atoms with van der Waals surface area (Å²) in [6, 6.07) is 7.83. The molecule has 4 nitrogen and oxygen atoms in total. The molecule has 0 radical (unpaired) electrons. The first kappa shape index (κ1) is 14.6. The van der Waals surface area contributed by atoms with Gasteiger partial charge in [-0.1, -0.05) is 6.07 Å². The first-order valence-corrected chi connectivity index (χ1v) is 6.68. The topological polar surface area (TPSA) is 54.4 Å². The fourth-order valence-electron chi connectivity index (χ4n) is 1.82. The van der Waals surface area contributed by atoms with Gasteiger partial charge in [-0.05, 0) is 51.3 Å². The Labute approximate surface area is 119 Å². The summed E-state index contributed by atoms with van der Waals surface area (Å²) in [5, 5.41) is 15.7. The van der Waals surface area contributed by atoms with Crippen LogP contribution in [0.4, 0.5) is 5.82 Å². The van der Waals surface area contributed by atoms with Gasteiger partial charge in [-0.2, -0.15) is 0 Å². The standard InChI is InChI=1S/C16H22N2O2/c1-15(2,16(3,4)19)18-14-13-10-12(20-5)7-6-11(13)8-9-17-14/h6-10,19H,1-5H3,(H,17,18). The number of aromatic nitrogens is 1. The zero-order valence-corrected chi connectivity index (χ0v) is 12.7. The van der Waals surface area contributed by atoms with Crippen LogP contribution >= 0.6 is 0 Å². The number of benzene rings is 1. The SMILES string of the molecule is COc1ccc2ccnc(NC(C)(C)C(C)(C)O)c2c1. The van der Waals surface area contributed by atoms with Crippen molar-refractivity contribution in [3.63, 3.8) is 0 Å². The Morgan fingerprint density at radius 3 is 2.45 bits per heavy atom. The van der Waals surface area contributed by atoms with Gasteiger partial charge in [-0.3, -0.25) is 0 Å². The first-order valence-electron chi connectivity index (χ1n) is 6.68. The van der Waals surface area contributed by atoms with Crippen LogP contribution in [0.3, 0.4) is 0 Å². The summed E-state index contributed by atoms with van der Waals surface area (Å²) in [7, 11) is 1.64. The molecule has 2 rings (SSSR count). The van der Waals surface area contributed by atoms with E-state index in [9.17, 15) is 5.11 Å². The molecule has 0 fully saturated rings. The number of hydrogen-bond donors (Lipinski definition) is 2. The van der Waals surface area contributed by atoms with E-state index in [4.69, 9.17) is 4.74 Å². The minimum Gasteiger partial charge on any atom is -0.497 e. The van der Waals surface area contributed by atoms with Crippen LogP contribution in [0.15, 0.2) is 30.5 Å². The highest BCUT2D eigenvalue weighted by Crippen LogP contribution is 2.30. The molecule has 0 saturated carbocycles. The lowest BCUT2D eigenvalue weighted by Gasteiger charge is -2.38. The number of nitrogens with zero attached hydrogens (tertiary/aromatic N) is 1. The molecule has 0 aliphatic heterocycles. The number of aliphatic hydroxyl groups is 1. The molecule has 0 bridgehead atoms. The Balaban J connectivity index is 2.49. The van der Waals surface area contributed by atoms with Crippen molar-refractivity contribution in [2.75, 3.05) is 12.4 Å². The summed E-state index contributed by atoms with van der Waals surface area (Å²) >= 11 is 0. The second-order valence-electron chi connectivity index (χ2n) is 6.06. The number of pyridine rings is 1. The third kappa shape index (κ3) is 2.70. The fourth-order valence-corrected chi connectivity index (χ4v) is 1.82. The van der Waals surface area contributed by atoms with Gasteiger partial charge < -0.3 is 15.2 Å². The van der Waals surface area contributed by atoms with Gasteiger partial charge in [-0.25, -0.2) is 4.98 Å². The van der Waals surface area contributed by atoms with Gasteiger partial charge in [0.1, 0.15) is 11.6 Å². The molecule has 0 atom stereocenters. The van der Waals surface area contributed by atoms with E-state index < -0.39 is 11.1 Å². The summed E-state index contributed by atoms with van der Waals surface area (Å²) in [5.41, 5.74) is -1.40. The van der Waals surface area contributed by atoms with Crippen LogP contribution in [-0.2, 0) is 0 Å². The molecule has 1 aromatic carbocycles. The quantitative estimate of drug-likeness (QED) is 0.899. The van der Waals surface area contributed by atoms with E-state index in [0.717, 1.165) is 22.3 Å². The average molecular weight is 274 g/mol. The van der Waals surface area contributed by atoms with Gasteiger partial charge >= 0.3 is 0 Å². The number of rotatable bonds is 4. The summed E-state index contributed by atoms with van der Waals surface area (Å²) in [5.74, 6) is 1.53. The Kier molecular flexibility index (Phi) is 3.61. The molecule has 108 valence electrons. The molecule has 0 aliphatic carbocycles. The van der Waals surface area contributed by atoms with Crippen molar-refractivity contribution in [3.8, 4) is 5.75 Å².